The van der Waals surface area contributed by atoms with Crippen LogP contribution in [0.4, 0.5) is 0 Å². The fourth-order valence-electron chi connectivity index (χ4n) is 10.7. The molecular formula is C60H40N2SSi. The lowest BCUT2D eigenvalue weighted by molar-refractivity contribution is 1.17. The van der Waals surface area contributed by atoms with Gasteiger partial charge in [0, 0.05) is 53.1 Å². The van der Waals surface area contributed by atoms with E-state index in [0.29, 0.717) is 0 Å². The van der Waals surface area contributed by atoms with Gasteiger partial charge in [0.2, 0.25) is 0 Å². The van der Waals surface area contributed by atoms with Crippen LogP contribution in [-0.4, -0.2) is 17.2 Å². The summed E-state index contributed by atoms with van der Waals surface area (Å²) in [6.07, 6.45) is 0. The van der Waals surface area contributed by atoms with Crippen molar-refractivity contribution in [1.82, 2.24) is 9.13 Å². The summed E-state index contributed by atoms with van der Waals surface area (Å²) >= 11 is 1.87. The average Bonchev–Trinajstić information content (AvgIpc) is 4.02. The SMILES string of the molecule is c1ccc([Si](c2ccccc2)(c2ccccc2)c2cccc(-n3c4ccccc4c4cc(-n5c6ccccc6c6ccc(-c7ccc8sc9ccccc9c8c7)cc65)ccc43)c2)cc1. The van der Waals surface area contributed by atoms with E-state index in [4.69, 9.17) is 0 Å². The molecule has 0 radical (unpaired) electrons. The number of nitrogens with zero attached hydrogens (tertiary/aromatic N) is 2. The predicted octanol–water partition coefficient (Wildman–Crippen LogP) is 13.3. The van der Waals surface area contributed by atoms with E-state index in [1.54, 1.807) is 0 Å². The van der Waals surface area contributed by atoms with Crippen LogP contribution in [-0.2, 0) is 0 Å². The van der Waals surface area contributed by atoms with Gasteiger partial charge in [-0.05, 0) is 98.6 Å². The Morgan fingerprint density at radius 3 is 1.44 bits per heavy atom. The maximum absolute atomic E-state index is 2.74. The molecule has 0 unspecified atom stereocenters. The number of fused-ring (bicyclic) bond motifs is 9. The Labute approximate surface area is 376 Å². The molecule has 0 saturated heterocycles. The van der Waals surface area contributed by atoms with E-state index in [1.165, 1.54) is 95.7 Å². The van der Waals surface area contributed by atoms with Gasteiger partial charge in [0.05, 0.1) is 22.1 Å². The Bertz CT molecular complexity index is 3800. The zero-order valence-corrected chi connectivity index (χ0v) is 36.7. The van der Waals surface area contributed by atoms with Crippen molar-refractivity contribution >= 4 is 104 Å². The average molecular weight is 849 g/mol. The van der Waals surface area contributed by atoms with Crippen molar-refractivity contribution in [2.24, 2.45) is 0 Å². The molecule has 0 saturated carbocycles. The van der Waals surface area contributed by atoms with E-state index < -0.39 is 8.07 Å². The van der Waals surface area contributed by atoms with Crippen LogP contribution in [0.1, 0.15) is 0 Å². The number of aromatic nitrogens is 2. The van der Waals surface area contributed by atoms with Gasteiger partial charge in [0.15, 0.2) is 8.07 Å². The molecular weight excluding hydrogens is 809 g/mol. The van der Waals surface area contributed by atoms with Gasteiger partial charge in [0.1, 0.15) is 0 Å². The Kier molecular flexibility index (Phi) is 8.45. The third kappa shape index (κ3) is 5.56. The van der Waals surface area contributed by atoms with Gasteiger partial charge in [-0.3, -0.25) is 0 Å². The van der Waals surface area contributed by atoms with Gasteiger partial charge in [-0.25, -0.2) is 0 Å². The highest BCUT2D eigenvalue weighted by Crippen LogP contribution is 2.40. The quantitative estimate of drug-likeness (QED) is 0.112. The molecule has 0 N–H and O–H groups in total. The highest BCUT2D eigenvalue weighted by molar-refractivity contribution is 7.25. The number of thiophene rings is 1. The van der Waals surface area contributed by atoms with Gasteiger partial charge < -0.3 is 9.13 Å². The highest BCUT2D eigenvalue weighted by atomic mass is 32.1. The topological polar surface area (TPSA) is 9.86 Å². The molecule has 0 aliphatic carbocycles. The van der Waals surface area contributed by atoms with Crippen LogP contribution in [0.2, 0.25) is 0 Å². The molecule has 4 heteroatoms. The van der Waals surface area contributed by atoms with Crippen LogP contribution in [0.15, 0.2) is 243 Å². The number of hydrogen-bond donors (Lipinski definition) is 0. The highest BCUT2D eigenvalue weighted by Gasteiger charge is 2.41. The van der Waals surface area contributed by atoms with Crippen LogP contribution >= 0.6 is 11.3 Å². The van der Waals surface area contributed by atoms with Gasteiger partial charge >= 0.3 is 0 Å². The molecule has 2 nitrogen and oxygen atoms in total. The van der Waals surface area contributed by atoms with E-state index in [0.717, 1.165) is 11.4 Å². The predicted molar refractivity (Wildman–Crippen MR) is 277 cm³/mol. The molecule has 13 rings (SSSR count). The second-order valence-electron chi connectivity index (χ2n) is 16.8. The first kappa shape index (κ1) is 36.9. The normalized spacial score (nSPS) is 12.1. The fourth-order valence-corrected chi connectivity index (χ4v) is 16.5. The molecule has 0 aliphatic rings. The molecule has 10 aromatic carbocycles. The molecule has 0 bridgehead atoms. The van der Waals surface area contributed by atoms with Crippen LogP contribution in [0.5, 0.6) is 0 Å². The molecule has 300 valence electrons. The maximum atomic E-state index is 2.48. The van der Waals surface area contributed by atoms with Crippen molar-refractivity contribution < 1.29 is 0 Å². The maximum Gasteiger partial charge on any atom is 0.179 e. The monoisotopic (exact) mass is 848 g/mol. The summed E-state index contributed by atoms with van der Waals surface area (Å²) in [5.74, 6) is 0. The molecule has 13 aromatic rings. The van der Waals surface area contributed by atoms with E-state index in [-0.39, 0.29) is 0 Å². The van der Waals surface area contributed by atoms with Gasteiger partial charge in [-0.1, -0.05) is 176 Å². The lowest BCUT2D eigenvalue weighted by atomic mass is 10.0. The Morgan fingerprint density at radius 2 is 0.750 bits per heavy atom. The van der Waals surface area contributed by atoms with E-state index >= 15 is 0 Å². The van der Waals surface area contributed by atoms with Crippen LogP contribution < -0.4 is 20.7 Å². The lowest BCUT2D eigenvalue weighted by Crippen LogP contribution is -2.74. The first-order valence-corrected chi connectivity index (χ1v) is 24.8. The summed E-state index contributed by atoms with van der Waals surface area (Å²) in [6.45, 7) is 0. The van der Waals surface area contributed by atoms with Crippen LogP contribution in [0, 0.1) is 0 Å². The van der Waals surface area contributed by atoms with Gasteiger partial charge in [0.25, 0.3) is 0 Å². The van der Waals surface area contributed by atoms with Crippen LogP contribution in [0.25, 0.3) is 86.3 Å². The van der Waals surface area contributed by atoms with E-state index in [2.05, 4.69) is 252 Å². The number of rotatable bonds is 7. The Hall–Kier alpha value is -7.76. The zero-order chi connectivity index (χ0) is 42.2. The van der Waals surface area contributed by atoms with Crippen LogP contribution in [0.3, 0.4) is 0 Å². The molecule has 3 aromatic heterocycles. The van der Waals surface area contributed by atoms with Crippen molar-refractivity contribution in [2.45, 2.75) is 0 Å². The summed E-state index contributed by atoms with van der Waals surface area (Å²) in [6, 6.07) is 90.5. The smallest absolute Gasteiger partial charge is 0.179 e. The second-order valence-corrected chi connectivity index (χ2v) is 21.7. The Balaban J connectivity index is 1.01. The molecule has 0 amide bonds. The van der Waals surface area contributed by atoms with Gasteiger partial charge in [-0.15, -0.1) is 11.3 Å². The van der Waals surface area contributed by atoms with Crippen molar-refractivity contribution in [1.29, 1.82) is 0 Å². The molecule has 0 atom stereocenters. The molecule has 0 fully saturated rings. The zero-order valence-electron chi connectivity index (χ0n) is 34.9. The molecule has 64 heavy (non-hydrogen) atoms. The molecule has 0 aliphatic heterocycles. The Morgan fingerprint density at radius 1 is 0.266 bits per heavy atom. The summed E-state index contributed by atoms with van der Waals surface area (Å²) in [4.78, 5) is 0. The number of benzene rings is 10. The van der Waals surface area contributed by atoms with E-state index in [1.807, 2.05) is 11.3 Å². The largest absolute Gasteiger partial charge is 0.309 e. The van der Waals surface area contributed by atoms with Crippen molar-refractivity contribution in [2.75, 3.05) is 0 Å². The van der Waals surface area contributed by atoms with Gasteiger partial charge in [-0.2, -0.15) is 0 Å². The number of hydrogen-bond acceptors (Lipinski definition) is 1. The first-order valence-electron chi connectivity index (χ1n) is 22.0. The summed E-state index contributed by atoms with van der Waals surface area (Å²) < 4.78 is 7.60. The summed E-state index contributed by atoms with van der Waals surface area (Å²) in [5, 5.41) is 13.1. The second kappa shape index (κ2) is 14.7. The molecule has 0 spiro atoms. The minimum Gasteiger partial charge on any atom is -0.309 e. The fraction of sp³-hybridized carbons (Fsp3) is 0. The minimum absolute atomic E-state index is 1.15. The van der Waals surface area contributed by atoms with E-state index in [9.17, 15) is 0 Å². The number of para-hydroxylation sites is 2. The van der Waals surface area contributed by atoms with Crippen molar-refractivity contribution in [3.8, 4) is 22.5 Å². The summed E-state index contributed by atoms with van der Waals surface area (Å²) in [7, 11) is -2.74. The minimum atomic E-state index is -2.74. The lowest BCUT2D eigenvalue weighted by Gasteiger charge is -2.34. The first-order chi connectivity index (χ1) is 31.7. The standard InChI is InChI=1S/C60H40N2SSi/c1-4-18-45(19-5-1)64(46-20-6-2-7-21-46,47-22-8-3-9-23-47)48-24-16-17-43(39-48)61-56-29-14-11-26-50(56)53-40-44(33-35-57(53)61)62-55-28-13-10-25-49(55)51-34-31-42(38-58(51)62)41-32-36-60-54(37-41)52-27-12-15-30-59(52)63-60/h1-40H. The molecule has 3 heterocycles. The third-order valence-corrected chi connectivity index (χ3v) is 19.4. The summed E-state index contributed by atoms with van der Waals surface area (Å²) in [5.41, 5.74) is 9.54. The van der Waals surface area contributed by atoms with Crippen molar-refractivity contribution in [3.63, 3.8) is 0 Å². The van der Waals surface area contributed by atoms with Crippen molar-refractivity contribution in [3.05, 3.63) is 243 Å². The third-order valence-electron chi connectivity index (χ3n) is 13.5.